The van der Waals surface area contributed by atoms with Crippen molar-refractivity contribution in [2.75, 3.05) is 32.8 Å². The fourth-order valence-corrected chi connectivity index (χ4v) is 3.08. The van der Waals surface area contributed by atoms with Crippen molar-refractivity contribution < 1.29 is 29.0 Å². The lowest BCUT2D eigenvalue weighted by molar-refractivity contribution is -0.142. The number of hydrogen-bond donors (Lipinski definition) is 3. The van der Waals surface area contributed by atoms with Crippen LogP contribution in [0.1, 0.15) is 36.2 Å². The van der Waals surface area contributed by atoms with Gasteiger partial charge in [0.1, 0.15) is 12.1 Å². The van der Waals surface area contributed by atoms with E-state index in [-0.39, 0.29) is 24.7 Å². The molecule has 30 heavy (non-hydrogen) atoms. The molecule has 0 bridgehead atoms. The molecule has 1 fully saturated rings. The largest absolute Gasteiger partial charge is 0.480 e. The predicted molar refractivity (Wildman–Crippen MR) is 109 cm³/mol. The average molecular weight is 419 g/mol. The molecule has 2 rings (SSSR count). The molecule has 0 radical (unpaired) electrons. The van der Waals surface area contributed by atoms with E-state index in [9.17, 15) is 24.3 Å². The minimum atomic E-state index is -1.18. The molecule has 3 N–H and O–H groups in total. The number of carbonyl (C=O) groups is 4. The van der Waals surface area contributed by atoms with E-state index in [1.54, 1.807) is 31.2 Å². The van der Waals surface area contributed by atoms with Gasteiger partial charge < -0.3 is 20.5 Å². The molecular formula is C21H29N3O6. The van der Waals surface area contributed by atoms with Crippen LogP contribution in [0.5, 0.6) is 0 Å². The Bertz CT molecular complexity index is 759. The zero-order valence-electron chi connectivity index (χ0n) is 17.3. The molecule has 0 aliphatic carbocycles. The predicted octanol–water partition coefficient (Wildman–Crippen LogP) is 0.228. The number of amides is 2. The molecular weight excluding hydrogens is 390 g/mol. The summed E-state index contributed by atoms with van der Waals surface area (Å²) in [5, 5.41) is 14.5. The number of hydrogen-bond acceptors (Lipinski definition) is 6. The van der Waals surface area contributed by atoms with E-state index < -0.39 is 24.0 Å². The van der Waals surface area contributed by atoms with E-state index in [4.69, 9.17) is 4.74 Å². The highest BCUT2D eigenvalue weighted by atomic mass is 16.5. The maximum atomic E-state index is 12.4. The van der Waals surface area contributed by atoms with Crippen molar-refractivity contribution in [1.82, 2.24) is 15.5 Å². The molecule has 1 aliphatic rings. The zero-order chi connectivity index (χ0) is 22.1. The zero-order valence-corrected chi connectivity index (χ0v) is 17.3. The number of morpholine rings is 1. The molecule has 1 saturated heterocycles. The number of carbonyl (C=O) groups excluding carboxylic acids is 3. The Morgan fingerprint density at radius 2 is 1.73 bits per heavy atom. The maximum Gasteiger partial charge on any atom is 0.326 e. The summed E-state index contributed by atoms with van der Waals surface area (Å²) in [6.45, 7) is 5.87. The molecule has 164 valence electrons. The molecule has 0 unspecified atom stereocenters. The summed E-state index contributed by atoms with van der Waals surface area (Å²) in [5.41, 5.74) is 1.24. The van der Waals surface area contributed by atoms with Gasteiger partial charge in [0.2, 0.25) is 11.8 Å². The highest BCUT2D eigenvalue weighted by Crippen LogP contribution is 2.09. The number of rotatable bonds is 10. The fraction of sp³-hybridized carbons (Fsp3) is 0.524. The lowest BCUT2D eigenvalue weighted by Gasteiger charge is -2.26. The van der Waals surface area contributed by atoms with Gasteiger partial charge in [0, 0.05) is 31.5 Å². The van der Waals surface area contributed by atoms with Crippen LogP contribution in [0.15, 0.2) is 24.3 Å². The standard InChI is InChI=1S/C21H29N3O6/c1-3-18(25)16-6-4-15(5-7-16)12-17(21(28)29)23-20(27)14(2)22-19(26)13-24-8-10-30-11-9-24/h4-7,14,17H,3,8-13H2,1-2H3,(H,22,26)(H,23,27)(H,28,29)/t14-,17-/m0/s1. The summed E-state index contributed by atoms with van der Waals surface area (Å²) in [4.78, 5) is 49.7. The third-order valence-corrected chi connectivity index (χ3v) is 4.89. The van der Waals surface area contributed by atoms with Crippen molar-refractivity contribution in [3.63, 3.8) is 0 Å². The quantitative estimate of drug-likeness (QED) is 0.464. The molecule has 1 aliphatic heterocycles. The third kappa shape index (κ3) is 7.23. The van der Waals surface area contributed by atoms with Crippen LogP contribution in [0.25, 0.3) is 0 Å². The van der Waals surface area contributed by atoms with Gasteiger partial charge >= 0.3 is 5.97 Å². The summed E-state index contributed by atoms with van der Waals surface area (Å²) >= 11 is 0. The number of carboxylic acid groups (broad SMARTS) is 1. The maximum absolute atomic E-state index is 12.4. The van der Waals surface area contributed by atoms with Gasteiger partial charge in [-0.1, -0.05) is 31.2 Å². The minimum Gasteiger partial charge on any atom is -0.480 e. The van der Waals surface area contributed by atoms with E-state index in [0.29, 0.717) is 43.9 Å². The Labute approximate surface area is 175 Å². The molecule has 2 atom stereocenters. The number of nitrogens with zero attached hydrogens (tertiary/aromatic N) is 1. The second kappa shape index (κ2) is 11.4. The first-order valence-electron chi connectivity index (χ1n) is 10.0. The lowest BCUT2D eigenvalue weighted by Crippen LogP contribution is -2.53. The SMILES string of the molecule is CCC(=O)c1ccc(C[C@H](NC(=O)[C@H](C)NC(=O)CN2CCOCC2)C(=O)O)cc1. The van der Waals surface area contributed by atoms with Crippen molar-refractivity contribution in [2.45, 2.75) is 38.8 Å². The second-order valence-corrected chi connectivity index (χ2v) is 7.25. The number of benzene rings is 1. The van der Waals surface area contributed by atoms with Crippen molar-refractivity contribution >= 4 is 23.6 Å². The Balaban J connectivity index is 1.88. The normalized spacial score (nSPS) is 16.3. The van der Waals surface area contributed by atoms with Crippen LogP contribution >= 0.6 is 0 Å². The second-order valence-electron chi connectivity index (χ2n) is 7.25. The molecule has 0 saturated carbocycles. The van der Waals surface area contributed by atoms with Gasteiger partial charge in [-0.3, -0.25) is 19.3 Å². The number of carboxylic acids is 1. The molecule has 2 amide bonds. The average Bonchev–Trinajstić information content (AvgIpc) is 2.73. The lowest BCUT2D eigenvalue weighted by atomic mass is 10.0. The fourth-order valence-electron chi connectivity index (χ4n) is 3.08. The molecule has 1 aromatic carbocycles. The minimum absolute atomic E-state index is 0.00582. The molecule has 0 spiro atoms. The van der Waals surface area contributed by atoms with E-state index in [1.165, 1.54) is 6.92 Å². The number of ether oxygens (including phenoxy) is 1. The van der Waals surface area contributed by atoms with Gasteiger partial charge in [0.25, 0.3) is 0 Å². The summed E-state index contributed by atoms with van der Waals surface area (Å²) < 4.78 is 5.23. The van der Waals surface area contributed by atoms with Crippen LogP contribution in [-0.2, 0) is 25.5 Å². The van der Waals surface area contributed by atoms with Crippen LogP contribution < -0.4 is 10.6 Å². The number of aliphatic carboxylic acids is 1. The van der Waals surface area contributed by atoms with Gasteiger partial charge in [0.15, 0.2) is 5.78 Å². The topological polar surface area (TPSA) is 125 Å². The van der Waals surface area contributed by atoms with E-state index >= 15 is 0 Å². The Morgan fingerprint density at radius 3 is 2.30 bits per heavy atom. The first-order chi connectivity index (χ1) is 14.3. The highest BCUT2D eigenvalue weighted by molar-refractivity contribution is 5.95. The molecule has 9 heteroatoms. The Kier molecular flexibility index (Phi) is 8.94. The van der Waals surface area contributed by atoms with Crippen molar-refractivity contribution in [1.29, 1.82) is 0 Å². The van der Waals surface area contributed by atoms with Gasteiger partial charge in [0.05, 0.1) is 19.8 Å². The highest BCUT2D eigenvalue weighted by Gasteiger charge is 2.25. The van der Waals surface area contributed by atoms with Crippen LogP contribution in [0.3, 0.4) is 0 Å². The third-order valence-electron chi connectivity index (χ3n) is 4.89. The van der Waals surface area contributed by atoms with Crippen LogP contribution in [0, 0.1) is 0 Å². The summed E-state index contributed by atoms with van der Waals surface area (Å²) in [7, 11) is 0. The molecule has 1 heterocycles. The van der Waals surface area contributed by atoms with Gasteiger partial charge in [-0.2, -0.15) is 0 Å². The van der Waals surface area contributed by atoms with E-state index in [0.717, 1.165) is 0 Å². The van der Waals surface area contributed by atoms with Gasteiger partial charge in [-0.05, 0) is 12.5 Å². The number of ketones is 1. The summed E-state index contributed by atoms with van der Waals surface area (Å²) in [6.07, 6.45) is 0.457. The summed E-state index contributed by atoms with van der Waals surface area (Å²) in [5.74, 6) is -2.05. The first kappa shape index (κ1) is 23.5. The Morgan fingerprint density at radius 1 is 1.10 bits per heavy atom. The van der Waals surface area contributed by atoms with E-state index in [1.807, 2.05) is 4.90 Å². The van der Waals surface area contributed by atoms with Crippen molar-refractivity contribution in [2.24, 2.45) is 0 Å². The summed E-state index contributed by atoms with van der Waals surface area (Å²) in [6, 6.07) is 4.64. The van der Waals surface area contributed by atoms with Crippen LogP contribution in [0.4, 0.5) is 0 Å². The van der Waals surface area contributed by atoms with Crippen molar-refractivity contribution in [3.8, 4) is 0 Å². The number of nitrogens with one attached hydrogen (secondary N) is 2. The van der Waals surface area contributed by atoms with Gasteiger partial charge in [-0.25, -0.2) is 4.79 Å². The Hall–Kier alpha value is -2.78. The number of Topliss-reactive ketones (excluding diaryl/α,β-unsaturated/α-hetero) is 1. The molecule has 9 nitrogen and oxygen atoms in total. The van der Waals surface area contributed by atoms with Crippen LogP contribution in [0.2, 0.25) is 0 Å². The monoisotopic (exact) mass is 419 g/mol. The van der Waals surface area contributed by atoms with Crippen LogP contribution in [-0.4, -0.2) is 78.5 Å². The van der Waals surface area contributed by atoms with Gasteiger partial charge in [-0.15, -0.1) is 0 Å². The molecule has 1 aromatic rings. The van der Waals surface area contributed by atoms with E-state index in [2.05, 4.69) is 10.6 Å². The molecule has 0 aromatic heterocycles. The van der Waals surface area contributed by atoms with Crippen molar-refractivity contribution in [3.05, 3.63) is 35.4 Å². The smallest absolute Gasteiger partial charge is 0.326 e. The first-order valence-corrected chi connectivity index (χ1v) is 10.0.